The van der Waals surface area contributed by atoms with Crippen molar-refractivity contribution >= 4 is 54.9 Å². The largest absolute Gasteiger partial charge is 0.478 e. The summed E-state index contributed by atoms with van der Waals surface area (Å²) in [5.74, 6) is -0.887. The highest BCUT2D eigenvalue weighted by atomic mass is 79.9. The topological polar surface area (TPSA) is 49.3 Å². The molecule has 1 aromatic heterocycles. The quantitative estimate of drug-likeness (QED) is 0.802. The smallest absolute Gasteiger partial charge is 0.336 e. The van der Waals surface area contributed by atoms with Crippen LogP contribution in [0.25, 0.3) is 0 Å². The second-order valence-electron chi connectivity index (χ2n) is 3.58. The second kappa shape index (κ2) is 5.86. The summed E-state index contributed by atoms with van der Waals surface area (Å²) in [7, 11) is 0. The summed E-state index contributed by atoms with van der Waals surface area (Å²) in [6, 6.07) is 7.55. The number of halogens is 2. The molecule has 18 heavy (non-hydrogen) atoms. The Balaban J connectivity index is 2.04. The van der Waals surface area contributed by atoms with Crippen LogP contribution in [0.1, 0.15) is 15.2 Å². The molecule has 2 aromatic rings. The lowest BCUT2D eigenvalue weighted by atomic mass is 10.3. The van der Waals surface area contributed by atoms with Crippen LogP contribution in [-0.4, -0.2) is 11.1 Å². The molecule has 94 valence electrons. The molecule has 2 rings (SSSR count). The van der Waals surface area contributed by atoms with Crippen LogP contribution in [0.3, 0.4) is 0 Å². The number of hydrogen-bond acceptors (Lipinski definition) is 3. The predicted molar refractivity (Wildman–Crippen MR) is 80.4 cm³/mol. The van der Waals surface area contributed by atoms with Crippen LogP contribution in [0, 0.1) is 0 Å². The number of thiophene rings is 1. The Labute approximate surface area is 125 Å². The van der Waals surface area contributed by atoms with Gasteiger partial charge in [-0.1, -0.05) is 15.9 Å². The molecule has 0 amide bonds. The third-order valence-corrected chi connectivity index (χ3v) is 4.37. The van der Waals surface area contributed by atoms with E-state index in [0.717, 1.165) is 19.5 Å². The number of rotatable bonds is 4. The first-order valence-electron chi connectivity index (χ1n) is 5.06. The normalized spacial score (nSPS) is 10.3. The van der Waals surface area contributed by atoms with Gasteiger partial charge < -0.3 is 10.4 Å². The fourth-order valence-corrected chi connectivity index (χ4v) is 3.39. The van der Waals surface area contributed by atoms with Crippen molar-refractivity contribution in [1.29, 1.82) is 0 Å². The molecule has 6 heteroatoms. The predicted octanol–water partition coefficient (Wildman–Crippen LogP) is 4.58. The molecule has 1 heterocycles. The molecule has 3 nitrogen and oxygen atoms in total. The first-order chi connectivity index (χ1) is 8.56. The molecule has 0 radical (unpaired) electrons. The zero-order valence-corrected chi connectivity index (χ0v) is 13.1. The van der Waals surface area contributed by atoms with E-state index in [1.165, 1.54) is 11.3 Å². The number of carboxylic acid groups (broad SMARTS) is 1. The highest BCUT2D eigenvalue weighted by molar-refractivity contribution is 9.11. The third kappa shape index (κ3) is 3.34. The molecule has 0 saturated carbocycles. The van der Waals surface area contributed by atoms with Crippen LogP contribution in [0.4, 0.5) is 5.69 Å². The molecule has 0 aliphatic carbocycles. The van der Waals surface area contributed by atoms with Gasteiger partial charge in [0.1, 0.15) is 0 Å². The lowest BCUT2D eigenvalue weighted by Gasteiger charge is -2.07. The van der Waals surface area contributed by atoms with Gasteiger partial charge in [0, 0.05) is 31.4 Å². The van der Waals surface area contributed by atoms with Gasteiger partial charge in [-0.05, 0) is 40.2 Å². The zero-order chi connectivity index (χ0) is 13.1. The van der Waals surface area contributed by atoms with Gasteiger partial charge >= 0.3 is 5.97 Å². The van der Waals surface area contributed by atoms with E-state index in [9.17, 15) is 4.79 Å². The molecule has 0 aliphatic heterocycles. The van der Waals surface area contributed by atoms with E-state index >= 15 is 0 Å². The Morgan fingerprint density at radius 3 is 2.72 bits per heavy atom. The maximum Gasteiger partial charge on any atom is 0.336 e. The van der Waals surface area contributed by atoms with Gasteiger partial charge in [-0.15, -0.1) is 11.3 Å². The fourth-order valence-electron chi connectivity index (χ4n) is 1.40. The molecule has 0 bridgehead atoms. The number of carboxylic acids is 1. The second-order valence-corrected chi connectivity index (χ2v) is 6.35. The van der Waals surface area contributed by atoms with E-state index in [4.69, 9.17) is 5.11 Å². The molecule has 2 N–H and O–H groups in total. The molecular weight excluding hydrogens is 382 g/mol. The van der Waals surface area contributed by atoms with Gasteiger partial charge in [0.15, 0.2) is 0 Å². The van der Waals surface area contributed by atoms with Crippen LogP contribution >= 0.6 is 43.2 Å². The molecular formula is C12H9Br2NO2S. The van der Waals surface area contributed by atoms with Gasteiger partial charge in [-0.2, -0.15) is 0 Å². The molecule has 0 aliphatic rings. The SMILES string of the molecule is O=C(O)c1csc(CNc2ccc(Br)cc2Br)c1. The molecule has 0 spiro atoms. The van der Waals surface area contributed by atoms with Gasteiger partial charge in [-0.3, -0.25) is 0 Å². The number of hydrogen-bond donors (Lipinski definition) is 2. The highest BCUT2D eigenvalue weighted by Crippen LogP contribution is 2.27. The summed E-state index contributed by atoms with van der Waals surface area (Å²) in [4.78, 5) is 11.7. The third-order valence-electron chi connectivity index (χ3n) is 2.28. The number of carbonyl (C=O) groups is 1. The molecule has 0 atom stereocenters. The lowest BCUT2D eigenvalue weighted by Crippen LogP contribution is -1.98. The van der Waals surface area contributed by atoms with E-state index in [2.05, 4.69) is 37.2 Å². The van der Waals surface area contributed by atoms with Gasteiger partial charge in [0.05, 0.1) is 5.56 Å². The minimum absolute atomic E-state index is 0.340. The summed E-state index contributed by atoms with van der Waals surface area (Å²) in [5.41, 5.74) is 1.31. The summed E-state index contributed by atoms with van der Waals surface area (Å²) in [5, 5.41) is 13.7. The van der Waals surface area contributed by atoms with Crippen molar-refractivity contribution in [3.05, 3.63) is 49.0 Å². The van der Waals surface area contributed by atoms with Crippen molar-refractivity contribution in [1.82, 2.24) is 0 Å². The summed E-state index contributed by atoms with van der Waals surface area (Å²) in [6.45, 7) is 0.609. The number of aromatic carboxylic acids is 1. The summed E-state index contributed by atoms with van der Waals surface area (Å²) in [6.07, 6.45) is 0. The molecule has 0 unspecified atom stereocenters. The van der Waals surface area contributed by atoms with Crippen molar-refractivity contribution in [2.45, 2.75) is 6.54 Å². The van der Waals surface area contributed by atoms with Crippen LogP contribution in [0.5, 0.6) is 0 Å². The van der Waals surface area contributed by atoms with E-state index < -0.39 is 5.97 Å². The average molecular weight is 391 g/mol. The van der Waals surface area contributed by atoms with E-state index in [1.54, 1.807) is 11.4 Å². The van der Waals surface area contributed by atoms with E-state index in [0.29, 0.717) is 12.1 Å². The van der Waals surface area contributed by atoms with Crippen molar-refractivity contribution in [3.63, 3.8) is 0 Å². The summed E-state index contributed by atoms with van der Waals surface area (Å²) < 4.78 is 1.97. The first-order valence-corrected chi connectivity index (χ1v) is 7.52. The van der Waals surface area contributed by atoms with Gasteiger partial charge in [-0.25, -0.2) is 4.79 Å². The van der Waals surface area contributed by atoms with Gasteiger partial charge in [0.25, 0.3) is 0 Å². The highest BCUT2D eigenvalue weighted by Gasteiger charge is 2.07. The van der Waals surface area contributed by atoms with E-state index in [-0.39, 0.29) is 0 Å². The van der Waals surface area contributed by atoms with Crippen molar-refractivity contribution < 1.29 is 9.90 Å². The Morgan fingerprint density at radius 1 is 1.33 bits per heavy atom. The number of benzene rings is 1. The van der Waals surface area contributed by atoms with Crippen molar-refractivity contribution in [3.8, 4) is 0 Å². The number of nitrogens with one attached hydrogen (secondary N) is 1. The molecule has 0 fully saturated rings. The van der Waals surface area contributed by atoms with E-state index in [1.807, 2.05) is 18.2 Å². The lowest BCUT2D eigenvalue weighted by molar-refractivity contribution is 0.0697. The maximum absolute atomic E-state index is 10.8. The van der Waals surface area contributed by atoms with Gasteiger partial charge in [0.2, 0.25) is 0 Å². The Hall–Kier alpha value is -0.850. The minimum atomic E-state index is -0.887. The fraction of sp³-hybridized carbons (Fsp3) is 0.0833. The van der Waals surface area contributed by atoms with Crippen LogP contribution in [0.2, 0.25) is 0 Å². The van der Waals surface area contributed by atoms with Crippen LogP contribution in [0.15, 0.2) is 38.6 Å². The van der Waals surface area contributed by atoms with Crippen molar-refractivity contribution in [2.24, 2.45) is 0 Å². The minimum Gasteiger partial charge on any atom is -0.478 e. The monoisotopic (exact) mass is 389 g/mol. The Bertz CT molecular complexity index is 583. The maximum atomic E-state index is 10.8. The van der Waals surface area contributed by atoms with Crippen molar-refractivity contribution in [2.75, 3.05) is 5.32 Å². The first kappa shape index (κ1) is 13.6. The van der Waals surface area contributed by atoms with Crippen LogP contribution in [-0.2, 0) is 6.54 Å². The number of anilines is 1. The Kier molecular flexibility index (Phi) is 4.42. The van der Waals surface area contributed by atoms with Crippen LogP contribution < -0.4 is 5.32 Å². The molecule has 0 saturated heterocycles. The zero-order valence-electron chi connectivity index (χ0n) is 9.11. The molecule has 1 aromatic carbocycles. The summed E-state index contributed by atoms with van der Waals surface area (Å²) >= 11 is 8.29. The average Bonchev–Trinajstić information content (AvgIpc) is 2.76. The Morgan fingerprint density at radius 2 is 2.11 bits per heavy atom. The standard InChI is InChI=1S/C12H9Br2NO2S/c13-8-1-2-11(10(14)4-8)15-5-9-3-7(6-18-9)12(16)17/h1-4,6,15H,5H2,(H,16,17).